The van der Waals surface area contributed by atoms with Gasteiger partial charge in [-0.1, -0.05) is 36.4 Å². The van der Waals surface area contributed by atoms with Gasteiger partial charge in [0.1, 0.15) is 5.75 Å². The molecule has 0 aromatic heterocycles. The van der Waals surface area contributed by atoms with Crippen LogP contribution in [0.2, 0.25) is 0 Å². The average Bonchev–Trinajstić information content (AvgIpc) is 2.93. The van der Waals surface area contributed by atoms with Crippen LogP contribution in [-0.4, -0.2) is 18.7 Å². The summed E-state index contributed by atoms with van der Waals surface area (Å²) < 4.78 is 5.35. The SMILES string of the molecule is COc1cccc([C@H]2C(C(C)=O)=C(C)NC3=C2C(=O)c2ccccc23)c1. The second kappa shape index (κ2) is 5.99. The van der Waals surface area contributed by atoms with Crippen LogP contribution in [0.3, 0.4) is 0 Å². The first kappa shape index (κ1) is 16.3. The molecule has 1 N–H and O–H groups in total. The van der Waals surface area contributed by atoms with Crippen molar-refractivity contribution in [1.29, 1.82) is 0 Å². The molecule has 130 valence electrons. The predicted molar refractivity (Wildman–Crippen MR) is 99.9 cm³/mol. The number of dihydropyridines is 1. The number of hydrogen-bond acceptors (Lipinski definition) is 4. The number of ketones is 2. The molecule has 4 rings (SSSR count). The summed E-state index contributed by atoms with van der Waals surface area (Å²) in [6, 6.07) is 15.1. The second-order valence-corrected chi connectivity index (χ2v) is 6.59. The molecule has 0 amide bonds. The fourth-order valence-electron chi connectivity index (χ4n) is 3.95. The van der Waals surface area contributed by atoms with Crippen LogP contribution in [0, 0.1) is 0 Å². The van der Waals surface area contributed by atoms with Crippen LogP contribution in [-0.2, 0) is 4.79 Å². The fraction of sp³-hybridized carbons (Fsp3) is 0.182. The highest BCUT2D eigenvalue weighted by molar-refractivity contribution is 6.23. The number of allylic oxidation sites excluding steroid dienone is 3. The van der Waals surface area contributed by atoms with Crippen LogP contribution < -0.4 is 10.1 Å². The molecule has 4 nitrogen and oxygen atoms in total. The van der Waals surface area contributed by atoms with Crippen LogP contribution >= 0.6 is 0 Å². The molecule has 0 radical (unpaired) electrons. The van der Waals surface area contributed by atoms with E-state index in [2.05, 4.69) is 5.32 Å². The van der Waals surface area contributed by atoms with Crippen LogP contribution in [0.15, 0.2) is 65.4 Å². The molecule has 0 saturated heterocycles. The summed E-state index contributed by atoms with van der Waals surface area (Å²) in [5, 5.41) is 3.31. The van der Waals surface area contributed by atoms with Gasteiger partial charge < -0.3 is 10.1 Å². The molecule has 0 bridgehead atoms. The lowest BCUT2D eigenvalue weighted by atomic mass is 9.78. The molecule has 1 aliphatic carbocycles. The summed E-state index contributed by atoms with van der Waals surface area (Å²) in [4.78, 5) is 25.6. The normalized spacial score (nSPS) is 18.4. The van der Waals surface area contributed by atoms with Crippen molar-refractivity contribution < 1.29 is 14.3 Å². The highest BCUT2D eigenvalue weighted by Gasteiger charge is 2.41. The van der Waals surface area contributed by atoms with Crippen LogP contribution in [0.1, 0.15) is 41.3 Å². The maximum absolute atomic E-state index is 13.2. The van der Waals surface area contributed by atoms with E-state index in [1.807, 2.05) is 55.5 Å². The lowest BCUT2D eigenvalue weighted by Crippen LogP contribution is -2.27. The molecule has 2 aromatic rings. The minimum absolute atomic E-state index is 0.0258. The Hall–Kier alpha value is -3.14. The third-order valence-corrected chi connectivity index (χ3v) is 5.06. The van der Waals surface area contributed by atoms with Gasteiger partial charge in [0, 0.05) is 33.9 Å². The molecular weight excluding hydrogens is 326 g/mol. The Balaban J connectivity index is 1.96. The van der Waals surface area contributed by atoms with E-state index in [-0.39, 0.29) is 11.6 Å². The van der Waals surface area contributed by atoms with E-state index in [1.54, 1.807) is 14.0 Å². The summed E-state index contributed by atoms with van der Waals surface area (Å²) in [6.45, 7) is 3.44. The smallest absolute Gasteiger partial charge is 0.192 e. The van der Waals surface area contributed by atoms with E-state index in [0.717, 1.165) is 22.5 Å². The standard InChI is InChI=1S/C22H19NO3/c1-12-18(13(2)24)19(14-7-6-8-15(11-14)26-3)20-21(23-12)16-9-4-5-10-17(16)22(20)25/h4-11,19,23H,1-3H3/t19-/m0/s1. The topological polar surface area (TPSA) is 55.4 Å². The van der Waals surface area contributed by atoms with E-state index >= 15 is 0 Å². The van der Waals surface area contributed by atoms with Gasteiger partial charge in [-0.3, -0.25) is 9.59 Å². The number of hydrogen-bond donors (Lipinski definition) is 1. The van der Waals surface area contributed by atoms with Gasteiger partial charge >= 0.3 is 0 Å². The zero-order chi connectivity index (χ0) is 18.4. The first-order chi connectivity index (χ1) is 12.5. The molecule has 2 aromatic carbocycles. The van der Waals surface area contributed by atoms with Crippen molar-refractivity contribution >= 4 is 17.3 Å². The molecule has 0 saturated carbocycles. The maximum atomic E-state index is 13.2. The van der Waals surface area contributed by atoms with Gasteiger partial charge in [-0.05, 0) is 31.5 Å². The van der Waals surface area contributed by atoms with Crippen molar-refractivity contribution in [3.63, 3.8) is 0 Å². The van der Waals surface area contributed by atoms with E-state index in [4.69, 9.17) is 4.74 Å². The van der Waals surface area contributed by atoms with Crippen molar-refractivity contribution in [1.82, 2.24) is 5.32 Å². The molecule has 4 heteroatoms. The Kier molecular flexibility index (Phi) is 3.76. The van der Waals surface area contributed by atoms with Crippen LogP contribution in [0.5, 0.6) is 5.75 Å². The van der Waals surface area contributed by atoms with Gasteiger partial charge in [-0.2, -0.15) is 0 Å². The number of nitrogens with one attached hydrogen (secondary N) is 1. The number of Topliss-reactive ketones (excluding diaryl/α,β-unsaturated/α-hetero) is 2. The number of methoxy groups -OCH3 is 1. The van der Waals surface area contributed by atoms with Gasteiger partial charge in [-0.25, -0.2) is 0 Å². The summed E-state index contributed by atoms with van der Waals surface area (Å²) in [6.07, 6.45) is 0. The largest absolute Gasteiger partial charge is 0.497 e. The molecule has 0 unspecified atom stereocenters. The molecule has 1 atom stereocenters. The molecular formula is C22H19NO3. The molecule has 0 fully saturated rings. The number of rotatable bonds is 3. The van der Waals surface area contributed by atoms with E-state index in [0.29, 0.717) is 22.5 Å². The zero-order valence-electron chi connectivity index (χ0n) is 14.9. The molecule has 26 heavy (non-hydrogen) atoms. The Bertz CT molecular complexity index is 1010. The highest BCUT2D eigenvalue weighted by Crippen LogP contribution is 2.46. The number of fused-ring (bicyclic) bond motifs is 2. The van der Waals surface area contributed by atoms with Crippen molar-refractivity contribution in [2.24, 2.45) is 0 Å². The van der Waals surface area contributed by atoms with Crippen LogP contribution in [0.25, 0.3) is 5.70 Å². The van der Waals surface area contributed by atoms with Crippen molar-refractivity contribution in [2.45, 2.75) is 19.8 Å². The van der Waals surface area contributed by atoms with Gasteiger partial charge in [0.05, 0.1) is 12.8 Å². The molecule has 2 aliphatic rings. The third kappa shape index (κ3) is 2.30. The van der Waals surface area contributed by atoms with Gasteiger partial charge in [-0.15, -0.1) is 0 Å². The number of ether oxygens (including phenoxy) is 1. The van der Waals surface area contributed by atoms with Gasteiger partial charge in [0.2, 0.25) is 0 Å². The Morgan fingerprint density at radius 3 is 2.50 bits per heavy atom. The number of benzene rings is 2. The predicted octanol–water partition coefficient (Wildman–Crippen LogP) is 3.85. The van der Waals surface area contributed by atoms with Crippen molar-refractivity contribution in [2.75, 3.05) is 7.11 Å². The van der Waals surface area contributed by atoms with E-state index < -0.39 is 5.92 Å². The van der Waals surface area contributed by atoms with Crippen molar-refractivity contribution in [3.05, 3.63) is 82.1 Å². The Morgan fingerprint density at radius 1 is 1.08 bits per heavy atom. The van der Waals surface area contributed by atoms with Crippen LogP contribution in [0.4, 0.5) is 0 Å². The highest BCUT2D eigenvalue weighted by atomic mass is 16.5. The van der Waals surface area contributed by atoms with Gasteiger partial charge in [0.25, 0.3) is 0 Å². The number of carbonyl (C=O) groups excluding carboxylic acids is 2. The summed E-state index contributed by atoms with van der Waals surface area (Å²) in [7, 11) is 1.61. The summed E-state index contributed by atoms with van der Waals surface area (Å²) in [5.41, 5.74) is 5.30. The fourth-order valence-corrected chi connectivity index (χ4v) is 3.95. The van der Waals surface area contributed by atoms with E-state index in [1.165, 1.54) is 0 Å². The van der Waals surface area contributed by atoms with Crippen molar-refractivity contribution in [3.8, 4) is 5.75 Å². The molecule has 0 spiro atoms. The lowest BCUT2D eigenvalue weighted by molar-refractivity contribution is -0.113. The second-order valence-electron chi connectivity index (χ2n) is 6.59. The quantitative estimate of drug-likeness (QED) is 0.918. The molecule has 1 heterocycles. The third-order valence-electron chi connectivity index (χ3n) is 5.06. The first-order valence-corrected chi connectivity index (χ1v) is 8.54. The Labute approximate surface area is 152 Å². The average molecular weight is 345 g/mol. The zero-order valence-corrected chi connectivity index (χ0v) is 14.9. The Morgan fingerprint density at radius 2 is 1.81 bits per heavy atom. The lowest BCUT2D eigenvalue weighted by Gasteiger charge is -2.29. The minimum atomic E-state index is -0.404. The molecule has 1 aliphatic heterocycles. The first-order valence-electron chi connectivity index (χ1n) is 8.54. The summed E-state index contributed by atoms with van der Waals surface area (Å²) in [5.74, 6) is 0.228. The monoisotopic (exact) mass is 345 g/mol. The summed E-state index contributed by atoms with van der Waals surface area (Å²) >= 11 is 0. The number of carbonyl (C=O) groups is 2. The minimum Gasteiger partial charge on any atom is -0.497 e. The van der Waals surface area contributed by atoms with E-state index in [9.17, 15) is 9.59 Å². The maximum Gasteiger partial charge on any atom is 0.192 e. The van der Waals surface area contributed by atoms with Gasteiger partial charge in [0.15, 0.2) is 11.6 Å².